The largest absolute Gasteiger partial charge is 0.434 e. The Bertz CT molecular complexity index is 1370. The number of nitrogens with two attached hydrogens (primary N) is 1. The Labute approximate surface area is 211 Å². The SMILES string of the molecule is Cc1nc(CN2CCN(c3cccc4nc(-c5ccc(C(C)(C)C)cc5)oc34)CC2)cn1CC(N)=O. The van der Waals surface area contributed by atoms with Gasteiger partial charge in [0, 0.05) is 44.5 Å². The van der Waals surface area contributed by atoms with Gasteiger partial charge in [0.05, 0.1) is 11.4 Å². The molecule has 36 heavy (non-hydrogen) atoms. The summed E-state index contributed by atoms with van der Waals surface area (Å²) in [5, 5.41) is 0. The summed E-state index contributed by atoms with van der Waals surface area (Å²) < 4.78 is 8.13. The molecule has 4 aromatic rings. The van der Waals surface area contributed by atoms with Crippen LogP contribution in [0, 0.1) is 6.92 Å². The predicted octanol–water partition coefficient (Wildman–Crippen LogP) is 4.10. The van der Waals surface area contributed by atoms with E-state index in [1.165, 1.54) is 5.56 Å². The zero-order valence-corrected chi connectivity index (χ0v) is 21.5. The first kappa shape index (κ1) is 24.1. The van der Waals surface area contributed by atoms with Gasteiger partial charge in [0.15, 0.2) is 5.58 Å². The zero-order chi connectivity index (χ0) is 25.4. The van der Waals surface area contributed by atoms with E-state index in [9.17, 15) is 4.79 Å². The summed E-state index contributed by atoms with van der Waals surface area (Å²) in [6.07, 6.45) is 1.93. The molecular weight excluding hydrogens is 452 g/mol. The van der Waals surface area contributed by atoms with E-state index < -0.39 is 0 Å². The van der Waals surface area contributed by atoms with Gasteiger partial charge in [0.1, 0.15) is 17.9 Å². The lowest BCUT2D eigenvalue weighted by Crippen LogP contribution is -2.46. The molecule has 1 aliphatic heterocycles. The van der Waals surface area contributed by atoms with Gasteiger partial charge in [-0.25, -0.2) is 9.97 Å². The number of aryl methyl sites for hydroxylation is 1. The van der Waals surface area contributed by atoms with E-state index in [-0.39, 0.29) is 17.9 Å². The average molecular weight is 487 g/mol. The number of carbonyl (C=O) groups is 1. The number of carbonyl (C=O) groups excluding carboxylic acids is 1. The molecule has 3 heterocycles. The van der Waals surface area contributed by atoms with Crippen molar-refractivity contribution in [2.75, 3.05) is 31.1 Å². The minimum atomic E-state index is -0.359. The number of amides is 1. The van der Waals surface area contributed by atoms with E-state index in [0.717, 1.165) is 66.6 Å². The van der Waals surface area contributed by atoms with E-state index in [0.29, 0.717) is 5.89 Å². The number of oxazole rings is 1. The molecule has 1 aliphatic rings. The lowest BCUT2D eigenvalue weighted by Gasteiger charge is -2.35. The summed E-state index contributed by atoms with van der Waals surface area (Å²) in [5.41, 5.74) is 11.5. The fourth-order valence-corrected chi connectivity index (χ4v) is 4.77. The molecule has 5 rings (SSSR count). The van der Waals surface area contributed by atoms with Crippen molar-refractivity contribution in [3.8, 4) is 11.5 Å². The van der Waals surface area contributed by atoms with Gasteiger partial charge in [-0.3, -0.25) is 9.69 Å². The monoisotopic (exact) mass is 486 g/mol. The van der Waals surface area contributed by atoms with Crippen LogP contribution < -0.4 is 10.6 Å². The highest BCUT2D eigenvalue weighted by molar-refractivity contribution is 5.88. The molecule has 0 aliphatic carbocycles. The summed E-state index contributed by atoms with van der Waals surface area (Å²) in [6.45, 7) is 13.0. The van der Waals surface area contributed by atoms with Crippen LogP contribution in [-0.4, -0.2) is 51.5 Å². The number of piperazine rings is 1. The van der Waals surface area contributed by atoms with E-state index in [1.807, 2.05) is 29.8 Å². The molecule has 188 valence electrons. The highest BCUT2D eigenvalue weighted by Crippen LogP contribution is 2.33. The molecular formula is C28H34N6O2. The molecule has 0 unspecified atom stereocenters. The first-order valence-corrected chi connectivity index (χ1v) is 12.5. The Balaban J connectivity index is 1.28. The molecule has 2 aromatic carbocycles. The van der Waals surface area contributed by atoms with Crippen LogP contribution in [0.1, 0.15) is 37.9 Å². The molecule has 2 N–H and O–H groups in total. The summed E-state index contributed by atoms with van der Waals surface area (Å²) in [7, 11) is 0. The minimum absolute atomic E-state index is 0.109. The Morgan fingerprint density at radius 1 is 1.03 bits per heavy atom. The van der Waals surface area contributed by atoms with Crippen LogP contribution in [0.25, 0.3) is 22.6 Å². The fourth-order valence-electron chi connectivity index (χ4n) is 4.77. The number of nitrogens with zero attached hydrogens (tertiary/aromatic N) is 5. The molecule has 1 saturated heterocycles. The summed E-state index contributed by atoms with van der Waals surface area (Å²) >= 11 is 0. The van der Waals surface area contributed by atoms with Crippen molar-refractivity contribution in [3.05, 3.63) is 65.7 Å². The van der Waals surface area contributed by atoms with Crippen molar-refractivity contribution in [2.24, 2.45) is 5.73 Å². The third-order valence-electron chi connectivity index (χ3n) is 6.84. The predicted molar refractivity (Wildman–Crippen MR) is 142 cm³/mol. The molecule has 0 saturated carbocycles. The van der Waals surface area contributed by atoms with Crippen LogP contribution in [0.5, 0.6) is 0 Å². The smallest absolute Gasteiger partial charge is 0.237 e. The number of fused-ring (bicyclic) bond motifs is 1. The van der Waals surface area contributed by atoms with Crippen LogP contribution in [-0.2, 0) is 23.3 Å². The summed E-state index contributed by atoms with van der Waals surface area (Å²) in [5.74, 6) is 1.10. The van der Waals surface area contributed by atoms with Gasteiger partial charge in [-0.15, -0.1) is 0 Å². The van der Waals surface area contributed by atoms with E-state index in [2.05, 4.69) is 65.9 Å². The number of primary amides is 1. The molecule has 8 heteroatoms. The third kappa shape index (κ3) is 4.99. The van der Waals surface area contributed by atoms with E-state index >= 15 is 0 Å². The number of hydrogen-bond acceptors (Lipinski definition) is 6. The molecule has 0 atom stereocenters. The van der Waals surface area contributed by atoms with Crippen molar-refractivity contribution in [1.82, 2.24) is 19.4 Å². The number of imidazole rings is 1. The number of para-hydroxylation sites is 1. The van der Waals surface area contributed by atoms with Gasteiger partial charge in [0.2, 0.25) is 11.8 Å². The fraction of sp³-hybridized carbons (Fsp3) is 0.393. The molecule has 0 bridgehead atoms. The van der Waals surface area contributed by atoms with Crippen LogP contribution in [0.3, 0.4) is 0 Å². The molecule has 8 nitrogen and oxygen atoms in total. The van der Waals surface area contributed by atoms with Gasteiger partial charge in [-0.05, 0) is 42.2 Å². The van der Waals surface area contributed by atoms with Crippen molar-refractivity contribution in [2.45, 2.75) is 46.2 Å². The molecule has 0 radical (unpaired) electrons. The van der Waals surface area contributed by atoms with Gasteiger partial charge in [-0.1, -0.05) is 39.0 Å². The second kappa shape index (κ2) is 9.43. The molecule has 2 aromatic heterocycles. The van der Waals surface area contributed by atoms with Crippen molar-refractivity contribution >= 4 is 22.7 Å². The maximum atomic E-state index is 11.3. The molecule has 1 fully saturated rings. The van der Waals surface area contributed by atoms with Crippen LogP contribution in [0.15, 0.2) is 53.1 Å². The number of anilines is 1. The van der Waals surface area contributed by atoms with Gasteiger partial charge < -0.3 is 19.6 Å². The Morgan fingerprint density at radius 3 is 2.42 bits per heavy atom. The Morgan fingerprint density at radius 2 is 1.75 bits per heavy atom. The van der Waals surface area contributed by atoms with Gasteiger partial charge in [0.25, 0.3) is 0 Å². The van der Waals surface area contributed by atoms with Gasteiger partial charge >= 0.3 is 0 Å². The highest BCUT2D eigenvalue weighted by atomic mass is 16.3. The topological polar surface area (TPSA) is 93.4 Å². The number of aromatic nitrogens is 3. The molecule has 0 spiro atoms. The third-order valence-corrected chi connectivity index (χ3v) is 6.84. The highest BCUT2D eigenvalue weighted by Gasteiger charge is 2.22. The zero-order valence-electron chi connectivity index (χ0n) is 21.5. The molecule has 1 amide bonds. The summed E-state index contributed by atoms with van der Waals surface area (Å²) in [6, 6.07) is 14.7. The van der Waals surface area contributed by atoms with Crippen molar-refractivity contribution in [3.63, 3.8) is 0 Å². The van der Waals surface area contributed by atoms with Crippen LogP contribution in [0.4, 0.5) is 5.69 Å². The summed E-state index contributed by atoms with van der Waals surface area (Å²) in [4.78, 5) is 25.4. The number of rotatable bonds is 6. The second-order valence-corrected chi connectivity index (χ2v) is 10.6. The lowest BCUT2D eigenvalue weighted by molar-refractivity contribution is -0.118. The Kier molecular flexibility index (Phi) is 6.30. The minimum Gasteiger partial charge on any atom is -0.434 e. The first-order valence-electron chi connectivity index (χ1n) is 12.5. The number of benzene rings is 2. The maximum absolute atomic E-state index is 11.3. The van der Waals surface area contributed by atoms with Crippen LogP contribution in [0.2, 0.25) is 0 Å². The normalized spacial score (nSPS) is 15.1. The number of hydrogen-bond donors (Lipinski definition) is 1. The van der Waals surface area contributed by atoms with E-state index in [1.54, 1.807) is 0 Å². The van der Waals surface area contributed by atoms with Crippen molar-refractivity contribution < 1.29 is 9.21 Å². The quantitative estimate of drug-likeness (QED) is 0.441. The van der Waals surface area contributed by atoms with Crippen LogP contribution >= 0.6 is 0 Å². The van der Waals surface area contributed by atoms with E-state index in [4.69, 9.17) is 15.1 Å². The second-order valence-electron chi connectivity index (χ2n) is 10.6. The average Bonchev–Trinajstić information content (AvgIpc) is 3.42. The first-order chi connectivity index (χ1) is 17.2. The van der Waals surface area contributed by atoms with Crippen molar-refractivity contribution in [1.29, 1.82) is 0 Å². The lowest BCUT2D eigenvalue weighted by atomic mass is 9.87. The standard InChI is InChI=1S/C28H34N6O2/c1-19-30-22(17-34(19)18-25(29)35)16-32-12-14-33(15-13-32)24-7-5-6-23-26(24)36-27(31-23)20-8-10-21(11-9-20)28(2,3)4/h5-11,17H,12-16,18H2,1-4H3,(H2,29,35). The maximum Gasteiger partial charge on any atom is 0.237 e. The Hall–Kier alpha value is -3.65. The van der Waals surface area contributed by atoms with Gasteiger partial charge in [-0.2, -0.15) is 0 Å².